The number of carbonyl (C=O) groups is 2. The molecule has 0 atom stereocenters. The molecule has 0 aromatic heterocycles. The first-order valence-electron chi connectivity index (χ1n) is 4.61. The van der Waals surface area contributed by atoms with Crippen molar-refractivity contribution in [1.82, 2.24) is 0 Å². The number of nitrogens with zero attached hydrogens (tertiary/aromatic N) is 1. The summed E-state index contributed by atoms with van der Waals surface area (Å²) in [6, 6.07) is 6.81. The molecule has 4 nitrogen and oxygen atoms in total. The molecule has 0 radical (unpaired) electrons. The maximum absolute atomic E-state index is 11.5. The topological polar surface area (TPSA) is 46.6 Å². The van der Waals surface area contributed by atoms with Gasteiger partial charge in [-0.1, -0.05) is 28.1 Å². The minimum atomic E-state index is -0.454. The van der Waals surface area contributed by atoms with Crippen molar-refractivity contribution in [3.8, 4) is 0 Å². The second kappa shape index (κ2) is 5.65. The van der Waals surface area contributed by atoms with Crippen LogP contribution in [-0.2, 0) is 9.53 Å². The summed E-state index contributed by atoms with van der Waals surface area (Å²) in [6.07, 6.45) is 0. The molecule has 0 saturated carbocycles. The largest absolute Gasteiger partial charge is 0.465 e. The molecule has 1 aromatic carbocycles. The van der Waals surface area contributed by atoms with E-state index in [4.69, 9.17) is 0 Å². The van der Waals surface area contributed by atoms with Gasteiger partial charge in [-0.05, 0) is 12.1 Å². The normalized spacial score (nSPS) is 9.69. The van der Waals surface area contributed by atoms with Crippen molar-refractivity contribution in [2.75, 3.05) is 24.4 Å². The zero-order valence-electron chi connectivity index (χ0n) is 9.07. The fourth-order valence-electron chi connectivity index (χ4n) is 1.27. The lowest BCUT2D eigenvalue weighted by atomic mass is 10.1. The quantitative estimate of drug-likeness (QED) is 0.629. The minimum absolute atomic E-state index is 0.128. The highest BCUT2D eigenvalue weighted by Crippen LogP contribution is 2.20. The third-order valence-electron chi connectivity index (χ3n) is 2.16. The molecule has 0 aliphatic carbocycles. The average molecular weight is 286 g/mol. The van der Waals surface area contributed by atoms with E-state index in [-0.39, 0.29) is 11.2 Å². The summed E-state index contributed by atoms with van der Waals surface area (Å²) in [4.78, 5) is 24.4. The van der Waals surface area contributed by atoms with Crippen LogP contribution in [0.4, 0.5) is 5.69 Å². The van der Waals surface area contributed by atoms with E-state index in [1.165, 1.54) is 12.0 Å². The summed E-state index contributed by atoms with van der Waals surface area (Å²) in [7, 11) is 2.93. The number of carbonyl (C=O) groups excluding carboxylic acids is 2. The SMILES string of the molecule is COC(=O)c1ccccc1N(C)C(=O)CBr. The lowest BCUT2D eigenvalue weighted by Gasteiger charge is -2.18. The predicted molar refractivity (Wildman–Crippen MR) is 65.0 cm³/mol. The lowest BCUT2D eigenvalue weighted by molar-refractivity contribution is -0.115. The number of hydrogen-bond acceptors (Lipinski definition) is 3. The van der Waals surface area contributed by atoms with Gasteiger partial charge >= 0.3 is 5.97 Å². The van der Waals surface area contributed by atoms with Gasteiger partial charge in [0.05, 0.1) is 23.7 Å². The van der Waals surface area contributed by atoms with Gasteiger partial charge in [0.25, 0.3) is 0 Å². The summed E-state index contributed by atoms with van der Waals surface area (Å²) >= 11 is 3.08. The van der Waals surface area contributed by atoms with Crippen molar-refractivity contribution in [2.45, 2.75) is 0 Å². The molecule has 86 valence electrons. The van der Waals surface area contributed by atoms with Gasteiger partial charge in [0.1, 0.15) is 0 Å². The standard InChI is InChI=1S/C11H12BrNO3/c1-13(10(14)7-12)9-6-4-3-5-8(9)11(15)16-2/h3-6H,7H2,1-2H3. The maximum Gasteiger partial charge on any atom is 0.339 e. The van der Waals surface area contributed by atoms with Gasteiger partial charge in [-0.2, -0.15) is 0 Å². The second-order valence-electron chi connectivity index (χ2n) is 3.10. The number of amides is 1. The van der Waals surface area contributed by atoms with E-state index in [2.05, 4.69) is 20.7 Å². The first-order valence-corrected chi connectivity index (χ1v) is 5.73. The molecule has 0 N–H and O–H groups in total. The van der Waals surface area contributed by atoms with E-state index in [0.29, 0.717) is 11.3 Å². The van der Waals surface area contributed by atoms with E-state index in [1.54, 1.807) is 31.3 Å². The number of anilines is 1. The van der Waals surface area contributed by atoms with Crippen LogP contribution >= 0.6 is 15.9 Å². The highest BCUT2D eigenvalue weighted by Gasteiger charge is 2.17. The molecular weight excluding hydrogens is 274 g/mol. The molecule has 0 heterocycles. The third kappa shape index (κ3) is 2.61. The van der Waals surface area contributed by atoms with Crippen molar-refractivity contribution in [1.29, 1.82) is 0 Å². The van der Waals surface area contributed by atoms with Crippen LogP contribution in [0, 0.1) is 0 Å². The molecule has 0 unspecified atom stereocenters. The Morgan fingerprint density at radius 3 is 2.56 bits per heavy atom. The van der Waals surface area contributed by atoms with E-state index < -0.39 is 5.97 Å². The number of hydrogen-bond donors (Lipinski definition) is 0. The zero-order valence-corrected chi connectivity index (χ0v) is 10.7. The fraction of sp³-hybridized carbons (Fsp3) is 0.273. The molecule has 16 heavy (non-hydrogen) atoms. The van der Waals surface area contributed by atoms with E-state index in [1.807, 2.05) is 0 Å². The van der Waals surface area contributed by atoms with Crippen LogP contribution in [0.5, 0.6) is 0 Å². The van der Waals surface area contributed by atoms with E-state index in [9.17, 15) is 9.59 Å². The molecular formula is C11H12BrNO3. The number of ether oxygens (including phenoxy) is 1. The summed E-state index contributed by atoms with van der Waals surface area (Å²) in [5.74, 6) is -0.582. The predicted octanol–water partition coefficient (Wildman–Crippen LogP) is 1.83. The molecule has 0 fully saturated rings. The Morgan fingerprint density at radius 2 is 2.00 bits per heavy atom. The highest BCUT2D eigenvalue weighted by molar-refractivity contribution is 9.09. The first-order chi connectivity index (χ1) is 7.61. The Morgan fingerprint density at radius 1 is 1.38 bits per heavy atom. The molecule has 0 saturated heterocycles. The first kappa shape index (κ1) is 12.7. The Hall–Kier alpha value is -1.36. The second-order valence-corrected chi connectivity index (χ2v) is 3.66. The molecule has 0 bridgehead atoms. The summed E-state index contributed by atoms with van der Waals surface area (Å²) in [5.41, 5.74) is 0.917. The van der Waals surface area contributed by atoms with Crippen molar-refractivity contribution in [2.24, 2.45) is 0 Å². The molecule has 5 heteroatoms. The Kier molecular flexibility index (Phi) is 4.49. The monoisotopic (exact) mass is 285 g/mol. The van der Waals surface area contributed by atoms with Crippen molar-refractivity contribution >= 4 is 33.5 Å². The Labute approximate surface area is 102 Å². The van der Waals surface area contributed by atoms with Crippen LogP contribution in [0.25, 0.3) is 0 Å². The van der Waals surface area contributed by atoms with Crippen LogP contribution < -0.4 is 4.90 Å². The third-order valence-corrected chi connectivity index (χ3v) is 2.64. The fourth-order valence-corrected chi connectivity index (χ4v) is 1.65. The van der Waals surface area contributed by atoms with Crippen LogP contribution in [-0.4, -0.2) is 31.4 Å². The van der Waals surface area contributed by atoms with Crippen LogP contribution in [0.3, 0.4) is 0 Å². The number of alkyl halides is 1. The van der Waals surface area contributed by atoms with Crippen LogP contribution in [0.2, 0.25) is 0 Å². The van der Waals surface area contributed by atoms with Gasteiger partial charge in [-0.3, -0.25) is 4.79 Å². The molecule has 0 aliphatic rings. The Bertz CT molecular complexity index is 406. The molecule has 0 spiro atoms. The number of rotatable bonds is 3. The number of methoxy groups -OCH3 is 1. The van der Waals surface area contributed by atoms with Crippen molar-refractivity contribution < 1.29 is 14.3 Å². The highest BCUT2D eigenvalue weighted by atomic mass is 79.9. The van der Waals surface area contributed by atoms with Crippen molar-refractivity contribution in [3.05, 3.63) is 29.8 Å². The number of halogens is 1. The summed E-state index contributed by atoms with van der Waals surface area (Å²) in [5, 5.41) is 0.207. The van der Waals surface area contributed by atoms with Gasteiger partial charge in [-0.15, -0.1) is 0 Å². The number of para-hydroxylation sites is 1. The van der Waals surface area contributed by atoms with Gasteiger partial charge in [0.2, 0.25) is 5.91 Å². The Balaban J connectivity index is 3.13. The molecule has 1 aromatic rings. The molecule has 1 amide bonds. The van der Waals surface area contributed by atoms with Crippen molar-refractivity contribution in [3.63, 3.8) is 0 Å². The van der Waals surface area contributed by atoms with Crippen LogP contribution in [0.1, 0.15) is 10.4 Å². The maximum atomic E-state index is 11.5. The van der Waals surface area contributed by atoms with E-state index >= 15 is 0 Å². The number of esters is 1. The average Bonchev–Trinajstić information content (AvgIpc) is 2.35. The smallest absolute Gasteiger partial charge is 0.339 e. The summed E-state index contributed by atoms with van der Waals surface area (Å²) in [6.45, 7) is 0. The zero-order chi connectivity index (χ0) is 12.1. The van der Waals surface area contributed by atoms with E-state index in [0.717, 1.165) is 0 Å². The minimum Gasteiger partial charge on any atom is -0.465 e. The van der Waals surface area contributed by atoms with Gasteiger partial charge in [0, 0.05) is 7.05 Å². The van der Waals surface area contributed by atoms with Crippen LogP contribution in [0.15, 0.2) is 24.3 Å². The van der Waals surface area contributed by atoms with Gasteiger partial charge in [-0.25, -0.2) is 4.79 Å². The summed E-state index contributed by atoms with van der Waals surface area (Å²) < 4.78 is 4.65. The van der Waals surface area contributed by atoms with Gasteiger partial charge < -0.3 is 9.64 Å². The molecule has 1 rings (SSSR count). The number of benzene rings is 1. The molecule has 0 aliphatic heterocycles. The van der Waals surface area contributed by atoms with Gasteiger partial charge in [0.15, 0.2) is 0 Å². The lowest BCUT2D eigenvalue weighted by Crippen LogP contribution is -2.28.